The van der Waals surface area contributed by atoms with Crippen molar-refractivity contribution in [1.82, 2.24) is 9.55 Å². The number of imidazole rings is 1. The van der Waals surface area contributed by atoms with Gasteiger partial charge in [-0.15, -0.1) is 11.6 Å². The Kier molecular flexibility index (Phi) is 3.76. The minimum Gasteiger partial charge on any atom is -0.292 e. The first-order chi connectivity index (χ1) is 9.97. The molecular formula is C16H13BrClFN2. The fraction of sp³-hybridized carbons (Fsp3) is 0.188. The van der Waals surface area contributed by atoms with Gasteiger partial charge in [-0.05, 0) is 49.7 Å². The van der Waals surface area contributed by atoms with Crippen LogP contribution < -0.4 is 0 Å². The number of benzene rings is 2. The molecule has 2 aromatic carbocycles. The third kappa shape index (κ3) is 2.58. The van der Waals surface area contributed by atoms with Gasteiger partial charge in [0.1, 0.15) is 11.6 Å². The predicted octanol–water partition coefficient (Wildman–Crippen LogP) is 5.54. The molecule has 0 aliphatic carbocycles. The SMILES string of the molecule is Cc1ccc(F)c(-n2c(C(C)Cl)nc3ccc(Br)cc32)c1. The van der Waals surface area contributed by atoms with Gasteiger partial charge < -0.3 is 0 Å². The number of hydrogen-bond acceptors (Lipinski definition) is 1. The molecule has 2 nitrogen and oxygen atoms in total. The highest BCUT2D eigenvalue weighted by molar-refractivity contribution is 9.10. The molecule has 3 aromatic rings. The molecule has 1 aromatic heterocycles. The molecule has 3 rings (SSSR count). The van der Waals surface area contributed by atoms with Crippen LogP contribution in [0.3, 0.4) is 0 Å². The van der Waals surface area contributed by atoms with Crippen LogP contribution in [0, 0.1) is 12.7 Å². The van der Waals surface area contributed by atoms with Gasteiger partial charge in [0.2, 0.25) is 0 Å². The predicted molar refractivity (Wildman–Crippen MR) is 87.7 cm³/mol. The number of aryl methyl sites for hydroxylation is 1. The molecule has 108 valence electrons. The molecule has 0 fully saturated rings. The highest BCUT2D eigenvalue weighted by Crippen LogP contribution is 2.31. The lowest BCUT2D eigenvalue weighted by atomic mass is 10.2. The molecule has 0 saturated heterocycles. The Morgan fingerprint density at radius 2 is 2.00 bits per heavy atom. The minimum absolute atomic E-state index is 0.293. The Balaban J connectivity index is 2.41. The van der Waals surface area contributed by atoms with E-state index in [-0.39, 0.29) is 11.2 Å². The van der Waals surface area contributed by atoms with Gasteiger partial charge in [-0.2, -0.15) is 0 Å². The lowest BCUT2D eigenvalue weighted by Crippen LogP contribution is -2.04. The van der Waals surface area contributed by atoms with E-state index in [1.807, 2.05) is 32.0 Å². The zero-order valence-electron chi connectivity index (χ0n) is 11.6. The van der Waals surface area contributed by atoms with Crippen LogP contribution in [0.25, 0.3) is 16.7 Å². The highest BCUT2D eigenvalue weighted by atomic mass is 79.9. The average molecular weight is 368 g/mol. The molecule has 1 heterocycles. The lowest BCUT2D eigenvalue weighted by Gasteiger charge is -2.12. The number of aromatic nitrogens is 2. The number of fused-ring (bicyclic) bond motifs is 1. The number of hydrogen-bond donors (Lipinski definition) is 0. The molecular weight excluding hydrogens is 355 g/mol. The van der Waals surface area contributed by atoms with Crippen molar-refractivity contribution in [1.29, 1.82) is 0 Å². The molecule has 0 bridgehead atoms. The van der Waals surface area contributed by atoms with Gasteiger partial charge in [-0.1, -0.05) is 22.0 Å². The Labute approximate surface area is 135 Å². The first-order valence-electron chi connectivity index (χ1n) is 6.56. The monoisotopic (exact) mass is 366 g/mol. The third-order valence-corrected chi connectivity index (χ3v) is 4.03. The van der Waals surface area contributed by atoms with E-state index in [0.717, 1.165) is 21.1 Å². The second-order valence-electron chi connectivity index (χ2n) is 5.01. The molecule has 5 heteroatoms. The van der Waals surface area contributed by atoms with Crippen LogP contribution in [-0.2, 0) is 0 Å². The largest absolute Gasteiger partial charge is 0.292 e. The van der Waals surface area contributed by atoms with E-state index in [9.17, 15) is 4.39 Å². The number of halogens is 3. The molecule has 0 amide bonds. The summed E-state index contributed by atoms with van der Waals surface area (Å²) >= 11 is 9.69. The van der Waals surface area contributed by atoms with Crippen LogP contribution in [0.15, 0.2) is 40.9 Å². The van der Waals surface area contributed by atoms with Gasteiger partial charge in [-0.3, -0.25) is 4.57 Å². The van der Waals surface area contributed by atoms with Gasteiger partial charge >= 0.3 is 0 Å². The zero-order chi connectivity index (χ0) is 15.1. The summed E-state index contributed by atoms with van der Waals surface area (Å²) in [5.74, 6) is 0.340. The Hall–Kier alpha value is -1.39. The average Bonchev–Trinajstić information content (AvgIpc) is 2.80. The molecule has 0 saturated carbocycles. The van der Waals surface area contributed by atoms with Crippen LogP contribution in [0.2, 0.25) is 0 Å². The van der Waals surface area contributed by atoms with Crippen molar-refractivity contribution in [2.45, 2.75) is 19.2 Å². The quantitative estimate of drug-likeness (QED) is 0.544. The van der Waals surface area contributed by atoms with Crippen molar-refractivity contribution in [3.8, 4) is 5.69 Å². The fourth-order valence-electron chi connectivity index (χ4n) is 2.38. The molecule has 0 radical (unpaired) electrons. The Morgan fingerprint density at radius 1 is 1.24 bits per heavy atom. The summed E-state index contributed by atoms with van der Waals surface area (Å²) in [6.45, 7) is 3.77. The van der Waals surface area contributed by atoms with Crippen LogP contribution in [-0.4, -0.2) is 9.55 Å². The van der Waals surface area contributed by atoms with Crippen molar-refractivity contribution in [2.24, 2.45) is 0 Å². The van der Waals surface area contributed by atoms with E-state index >= 15 is 0 Å². The zero-order valence-corrected chi connectivity index (χ0v) is 13.9. The summed E-state index contributed by atoms with van der Waals surface area (Å²) in [5, 5.41) is -0.323. The second kappa shape index (κ2) is 5.43. The molecule has 0 spiro atoms. The lowest BCUT2D eigenvalue weighted by molar-refractivity contribution is 0.616. The van der Waals surface area contributed by atoms with Crippen LogP contribution in [0.4, 0.5) is 4.39 Å². The van der Waals surface area contributed by atoms with E-state index in [1.54, 1.807) is 16.7 Å². The van der Waals surface area contributed by atoms with E-state index in [0.29, 0.717) is 11.5 Å². The number of alkyl halides is 1. The van der Waals surface area contributed by atoms with Crippen molar-refractivity contribution in [3.05, 3.63) is 58.1 Å². The normalized spacial score (nSPS) is 12.8. The molecule has 0 aliphatic heterocycles. The van der Waals surface area contributed by atoms with E-state index in [4.69, 9.17) is 11.6 Å². The second-order valence-corrected chi connectivity index (χ2v) is 6.58. The third-order valence-electron chi connectivity index (χ3n) is 3.34. The Morgan fingerprint density at radius 3 is 2.71 bits per heavy atom. The summed E-state index contributed by atoms with van der Waals surface area (Å²) in [6.07, 6.45) is 0. The van der Waals surface area contributed by atoms with Crippen LogP contribution in [0.5, 0.6) is 0 Å². The van der Waals surface area contributed by atoms with Gasteiger partial charge in [0.05, 0.1) is 22.1 Å². The van der Waals surface area contributed by atoms with Crippen molar-refractivity contribution in [3.63, 3.8) is 0 Å². The van der Waals surface area contributed by atoms with Crippen molar-refractivity contribution >= 4 is 38.6 Å². The summed E-state index contributed by atoms with van der Waals surface area (Å²) < 4.78 is 17.0. The summed E-state index contributed by atoms with van der Waals surface area (Å²) in [5.41, 5.74) is 3.08. The van der Waals surface area contributed by atoms with E-state index in [2.05, 4.69) is 20.9 Å². The maximum absolute atomic E-state index is 14.3. The van der Waals surface area contributed by atoms with E-state index in [1.165, 1.54) is 6.07 Å². The standard InChI is InChI=1S/C16H13BrClFN2/c1-9-3-5-12(19)14(7-9)21-15-8-11(17)4-6-13(15)20-16(21)10(2)18/h3-8,10H,1-2H3. The Bertz CT molecular complexity index is 827. The maximum atomic E-state index is 14.3. The van der Waals surface area contributed by atoms with Gasteiger partial charge in [0, 0.05) is 4.47 Å². The summed E-state index contributed by atoms with van der Waals surface area (Å²) in [7, 11) is 0. The smallest absolute Gasteiger partial charge is 0.147 e. The molecule has 0 N–H and O–H groups in total. The first-order valence-corrected chi connectivity index (χ1v) is 7.79. The minimum atomic E-state index is -0.323. The number of rotatable bonds is 2. The van der Waals surface area contributed by atoms with Crippen molar-refractivity contribution < 1.29 is 4.39 Å². The van der Waals surface area contributed by atoms with Crippen molar-refractivity contribution in [2.75, 3.05) is 0 Å². The molecule has 21 heavy (non-hydrogen) atoms. The summed E-state index contributed by atoms with van der Waals surface area (Å²) in [4.78, 5) is 4.54. The van der Waals surface area contributed by atoms with E-state index < -0.39 is 0 Å². The number of nitrogens with zero attached hydrogens (tertiary/aromatic N) is 2. The van der Waals surface area contributed by atoms with Crippen LogP contribution >= 0.6 is 27.5 Å². The first kappa shape index (κ1) is 14.5. The van der Waals surface area contributed by atoms with Gasteiger partial charge in [-0.25, -0.2) is 9.37 Å². The summed E-state index contributed by atoms with van der Waals surface area (Å²) in [6, 6.07) is 10.8. The van der Waals surface area contributed by atoms with Crippen LogP contribution in [0.1, 0.15) is 23.7 Å². The molecule has 1 unspecified atom stereocenters. The topological polar surface area (TPSA) is 17.8 Å². The molecule has 1 atom stereocenters. The fourth-order valence-corrected chi connectivity index (χ4v) is 2.88. The highest BCUT2D eigenvalue weighted by Gasteiger charge is 2.18. The van der Waals surface area contributed by atoms with Gasteiger partial charge in [0.25, 0.3) is 0 Å². The molecule has 0 aliphatic rings. The van der Waals surface area contributed by atoms with Gasteiger partial charge in [0.15, 0.2) is 0 Å². The maximum Gasteiger partial charge on any atom is 0.147 e.